The monoisotopic (exact) mass is 372 g/mol. The highest BCUT2D eigenvalue weighted by molar-refractivity contribution is 7.91. The molecule has 4 rings (SSSR count). The van der Waals surface area contributed by atoms with Crippen LogP contribution in [0.2, 0.25) is 0 Å². The Morgan fingerprint density at radius 2 is 1.69 bits per heavy atom. The maximum absolute atomic E-state index is 13.3. The highest BCUT2D eigenvalue weighted by Gasteiger charge is 2.54. The molecular weight excluding hydrogens is 352 g/mol. The predicted molar refractivity (Wildman–Crippen MR) is 101 cm³/mol. The number of sulfone groups is 1. The molecular formula is C19H20N2O4S. The Kier molecular flexibility index (Phi) is 3.91. The number of anilines is 2. The van der Waals surface area contributed by atoms with Crippen molar-refractivity contribution in [3.05, 3.63) is 54.1 Å². The number of nitrogens with zero attached hydrogens (tertiary/aromatic N) is 2. The third-order valence-corrected chi connectivity index (χ3v) is 6.69. The Morgan fingerprint density at radius 1 is 1.00 bits per heavy atom. The zero-order valence-corrected chi connectivity index (χ0v) is 15.4. The number of methoxy groups -OCH3 is 1. The summed E-state index contributed by atoms with van der Waals surface area (Å²) in [5.74, 6) is 0.488. The Labute approximate surface area is 152 Å². The maximum atomic E-state index is 13.3. The van der Waals surface area contributed by atoms with E-state index in [1.165, 1.54) is 0 Å². The lowest BCUT2D eigenvalue weighted by Gasteiger charge is -2.24. The lowest BCUT2D eigenvalue weighted by Crippen LogP contribution is -2.38. The molecule has 0 radical (unpaired) electrons. The number of rotatable bonds is 3. The van der Waals surface area contributed by atoms with Crippen LogP contribution in [0.1, 0.15) is 5.56 Å². The number of fused-ring (bicyclic) bond motifs is 1. The molecule has 26 heavy (non-hydrogen) atoms. The number of urea groups is 1. The van der Waals surface area contributed by atoms with Gasteiger partial charge in [0.25, 0.3) is 0 Å². The van der Waals surface area contributed by atoms with E-state index in [0.29, 0.717) is 11.4 Å². The topological polar surface area (TPSA) is 66.9 Å². The van der Waals surface area contributed by atoms with Crippen LogP contribution in [0.4, 0.5) is 16.2 Å². The lowest BCUT2D eigenvalue weighted by molar-refractivity contribution is 0.255. The van der Waals surface area contributed by atoms with Crippen molar-refractivity contribution >= 4 is 27.2 Å². The van der Waals surface area contributed by atoms with E-state index in [9.17, 15) is 13.2 Å². The molecule has 2 atom stereocenters. The minimum atomic E-state index is -3.22. The maximum Gasteiger partial charge on any atom is 0.329 e. The van der Waals surface area contributed by atoms with Gasteiger partial charge in [0.15, 0.2) is 9.84 Å². The summed E-state index contributed by atoms with van der Waals surface area (Å²) in [5, 5.41) is 0. The standard InChI is InChI=1S/C19H20N2O4S/c1-13-6-5-7-14(10-13)20-16-11-26(23,24)12-17(16)21(19(20)22)15-8-3-4-9-18(15)25-2/h3-10,16-17H,11-12H2,1-2H3/t16-,17+/m0/s1. The summed E-state index contributed by atoms with van der Waals surface area (Å²) < 4.78 is 30.1. The SMILES string of the molecule is COc1ccccc1N1C(=O)N(c2cccc(C)c2)[C@H]2CS(=O)(=O)C[C@H]21. The second-order valence-corrected chi connectivity index (χ2v) is 8.90. The van der Waals surface area contributed by atoms with Crippen LogP contribution in [-0.4, -0.2) is 45.1 Å². The average Bonchev–Trinajstić information content (AvgIpc) is 3.03. The van der Waals surface area contributed by atoms with Crippen LogP contribution in [0.25, 0.3) is 0 Å². The van der Waals surface area contributed by atoms with E-state index in [-0.39, 0.29) is 17.5 Å². The molecule has 0 saturated carbocycles. The van der Waals surface area contributed by atoms with E-state index in [2.05, 4.69) is 0 Å². The lowest BCUT2D eigenvalue weighted by atomic mass is 10.1. The first-order valence-electron chi connectivity index (χ1n) is 8.44. The molecule has 0 aromatic heterocycles. The summed E-state index contributed by atoms with van der Waals surface area (Å²) in [5.41, 5.74) is 2.34. The number of hydrogen-bond donors (Lipinski definition) is 0. The quantitative estimate of drug-likeness (QED) is 0.777. The van der Waals surface area contributed by atoms with Crippen molar-refractivity contribution in [3.8, 4) is 5.75 Å². The molecule has 2 saturated heterocycles. The minimum absolute atomic E-state index is 0.0248. The van der Waals surface area contributed by atoms with Crippen molar-refractivity contribution in [2.45, 2.75) is 19.0 Å². The first-order chi connectivity index (χ1) is 12.4. The van der Waals surface area contributed by atoms with Gasteiger partial charge in [-0.2, -0.15) is 0 Å². The second kappa shape index (κ2) is 6.02. The normalized spacial score (nSPS) is 24.0. The van der Waals surface area contributed by atoms with Crippen molar-refractivity contribution in [1.82, 2.24) is 0 Å². The van der Waals surface area contributed by atoms with Crippen LogP contribution in [-0.2, 0) is 9.84 Å². The van der Waals surface area contributed by atoms with Crippen molar-refractivity contribution in [1.29, 1.82) is 0 Å². The average molecular weight is 372 g/mol. The van der Waals surface area contributed by atoms with Gasteiger partial charge >= 0.3 is 6.03 Å². The minimum Gasteiger partial charge on any atom is -0.495 e. The molecule has 2 aliphatic heterocycles. The van der Waals surface area contributed by atoms with E-state index in [1.54, 1.807) is 29.0 Å². The van der Waals surface area contributed by atoms with E-state index >= 15 is 0 Å². The number of para-hydroxylation sites is 2. The van der Waals surface area contributed by atoms with Gasteiger partial charge in [-0.25, -0.2) is 13.2 Å². The van der Waals surface area contributed by atoms with E-state index in [4.69, 9.17) is 4.74 Å². The van der Waals surface area contributed by atoms with Gasteiger partial charge in [0.2, 0.25) is 0 Å². The van der Waals surface area contributed by atoms with Crippen molar-refractivity contribution < 1.29 is 17.9 Å². The van der Waals surface area contributed by atoms with Gasteiger partial charge in [0, 0.05) is 5.69 Å². The van der Waals surface area contributed by atoms with Gasteiger partial charge in [-0.1, -0.05) is 24.3 Å². The van der Waals surface area contributed by atoms with Crippen LogP contribution in [0.15, 0.2) is 48.5 Å². The predicted octanol–water partition coefficient (Wildman–Crippen LogP) is 2.62. The summed E-state index contributed by atoms with van der Waals surface area (Å²) in [4.78, 5) is 16.5. The summed E-state index contributed by atoms with van der Waals surface area (Å²) in [7, 11) is -1.67. The number of benzene rings is 2. The fourth-order valence-corrected chi connectivity index (χ4v) is 5.81. The van der Waals surface area contributed by atoms with Gasteiger partial charge in [-0.05, 0) is 36.8 Å². The molecule has 2 fully saturated rings. The zero-order chi connectivity index (χ0) is 18.5. The summed E-state index contributed by atoms with van der Waals surface area (Å²) in [6.07, 6.45) is 0. The van der Waals surface area contributed by atoms with E-state index < -0.39 is 21.9 Å². The molecule has 2 aromatic carbocycles. The molecule has 136 valence electrons. The Hall–Kier alpha value is -2.54. The summed E-state index contributed by atoms with van der Waals surface area (Å²) >= 11 is 0. The number of hydrogen-bond acceptors (Lipinski definition) is 4. The largest absolute Gasteiger partial charge is 0.495 e. The first-order valence-corrected chi connectivity index (χ1v) is 10.3. The van der Waals surface area contributed by atoms with Crippen molar-refractivity contribution in [2.24, 2.45) is 0 Å². The molecule has 0 bridgehead atoms. The molecule has 2 aromatic rings. The molecule has 7 heteroatoms. The number of amides is 2. The number of carbonyl (C=O) groups excluding carboxylic acids is 1. The Bertz CT molecular complexity index is 973. The van der Waals surface area contributed by atoms with Crippen LogP contribution >= 0.6 is 0 Å². The smallest absolute Gasteiger partial charge is 0.329 e. The summed E-state index contributed by atoms with van der Waals surface area (Å²) in [6, 6.07) is 13.7. The van der Waals surface area contributed by atoms with Crippen LogP contribution in [0, 0.1) is 6.92 Å². The fourth-order valence-electron chi connectivity index (χ4n) is 3.89. The van der Waals surface area contributed by atoms with Crippen molar-refractivity contribution in [3.63, 3.8) is 0 Å². The molecule has 0 aliphatic carbocycles. The van der Waals surface area contributed by atoms with Gasteiger partial charge < -0.3 is 4.74 Å². The van der Waals surface area contributed by atoms with Crippen LogP contribution in [0.3, 0.4) is 0 Å². The number of aryl methyl sites for hydroxylation is 1. The molecule has 6 nitrogen and oxygen atoms in total. The third kappa shape index (κ3) is 2.63. The molecule has 0 spiro atoms. The molecule has 2 aliphatic rings. The molecule has 2 heterocycles. The number of ether oxygens (including phenoxy) is 1. The molecule has 0 unspecified atom stereocenters. The highest BCUT2D eigenvalue weighted by Crippen LogP contribution is 2.41. The fraction of sp³-hybridized carbons (Fsp3) is 0.316. The number of carbonyl (C=O) groups is 1. The Balaban J connectivity index is 1.84. The third-order valence-electron chi connectivity index (χ3n) is 4.99. The first kappa shape index (κ1) is 16.9. The van der Waals surface area contributed by atoms with E-state index in [0.717, 1.165) is 11.3 Å². The van der Waals surface area contributed by atoms with Gasteiger partial charge in [0.1, 0.15) is 5.75 Å². The Morgan fingerprint density at radius 3 is 2.38 bits per heavy atom. The summed E-state index contributed by atoms with van der Waals surface area (Å²) in [6.45, 7) is 1.95. The van der Waals surface area contributed by atoms with Crippen LogP contribution < -0.4 is 14.5 Å². The molecule has 0 N–H and O–H groups in total. The zero-order valence-electron chi connectivity index (χ0n) is 14.6. The van der Waals surface area contributed by atoms with E-state index in [1.807, 2.05) is 43.3 Å². The second-order valence-electron chi connectivity index (χ2n) is 6.75. The van der Waals surface area contributed by atoms with Gasteiger partial charge in [0.05, 0.1) is 36.4 Å². The highest BCUT2D eigenvalue weighted by atomic mass is 32.2. The van der Waals surface area contributed by atoms with Crippen molar-refractivity contribution in [2.75, 3.05) is 28.4 Å². The van der Waals surface area contributed by atoms with Gasteiger partial charge in [-0.3, -0.25) is 9.80 Å². The molecule has 2 amide bonds. The van der Waals surface area contributed by atoms with Gasteiger partial charge in [-0.15, -0.1) is 0 Å². The van der Waals surface area contributed by atoms with Crippen LogP contribution in [0.5, 0.6) is 5.75 Å².